The molecule has 2 rings (SSSR count). The van der Waals surface area contributed by atoms with Crippen molar-refractivity contribution in [3.05, 3.63) is 35.9 Å². The van der Waals surface area contributed by atoms with Gasteiger partial charge in [0.1, 0.15) is 12.1 Å². The maximum atomic E-state index is 12.7. The summed E-state index contributed by atoms with van der Waals surface area (Å²) in [6.07, 6.45) is 0.618. The van der Waals surface area contributed by atoms with Crippen molar-refractivity contribution in [2.24, 2.45) is 5.92 Å². The van der Waals surface area contributed by atoms with Gasteiger partial charge in [0, 0.05) is 6.04 Å². The predicted molar refractivity (Wildman–Crippen MR) is 82.6 cm³/mol. The van der Waals surface area contributed by atoms with E-state index in [1.807, 2.05) is 44.2 Å². The van der Waals surface area contributed by atoms with Gasteiger partial charge in [0.05, 0.1) is 0 Å². The van der Waals surface area contributed by atoms with E-state index in [4.69, 9.17) is 0 Å². The molecule has 0 saturated carbocycles. The van der Waals surface area contributed by atoms with Crippen molar-refractivity contribution in [1.29, 1.82) is 0 Å². The first-order valence-electron chi connectivity index (χ1n) is 7.64. The summed E-state index contributed by atoms with van der Waals surface area (Å²) in [5.74, 6) is 0.232. The van der Waals surface area contributed by atoms with Crippen molar-refractivity contribution in [2.75, 3.05) is 0 Å². The highest BCUT2D eigenvalue weighted by Gasteiger charge is 2.43. The van der Waals surface area contributed by atoms with Crippen LogP contribution in [0.4, 0.5) is 0 Å². The van der Waals surface area contributed by atoms with Crippen LogP contribution in [0.2, 0.25) is 0 Å². The topological polar surface area (TPSA) is 49.4 Å². The molecule has 3 atom stereocenters. The Hall–Kier alpha value is -1.84. The number of nitrogens with one attached hydrogen (secondary N) is 1. The van der Waals surface area contributed by atoms with E-state index in [1.165, 1.54) is 0 Å². The molecule has 0 bridgehead atoms. The highest BCUT2D eigenvalue weighted by Crippen LogP contribution is 2.30. The molecule has 2 amide bonds. The molecular weight excluding hydrogens is 264 g/mol. The van der Waals surface area contributed by atoms with Crippen molar-refractivity contribution < 1.29 is 9.59 Å². The molecule has 1 heterocycles. The van der Waals surface area contributed by atoms with Gasteiger partial charge in [-0.15, -0.1) is 0 Å². The van der Waals surface area contributed by atoms with Crippen LogP contribution in [0.5, 0.6) is 0 Å². The summed E-state index contributed by atoms with van der Waals surface area (Å²) in [6.45, 7) is 8.09. The van der Waals surface area contributed by atoms with E-state index in [2.05, 4.69) is 19.2 Å². The first-order chi connectivity index (χ1) is 9.97. The fraction of sp³-hybridized carbons (Fsp3) is 0.529. The zero-order valence-electron chi connectivity index (χ0n) is 13.2. The van der Waals surface area contributed by atoms with E-state index < -0.39 is 12.1 Å². The second-order valence-electron chi connectivity index (χ2n) is 6.01. The van der Waals surface area contributed by atoms with Crippen LogP contribution < -0.4 is 5.32 Å². The first kappa shape index (κ1) is 15.5. The minimum atomic E-state index is -0.529. The van der Waals surface area contributed by atoms with Crippen molar-refractivity contribution in [2.45, 2.75) is 52.2 Å². The lowest BCUT2D eigenvalue weighted by Gasteiger charge is -2.43. The lowest BCUT2D eigenvalue weighted by atomic mass is 9.93. The molecule has 1 aliphatic rings. The van der Waals surface area contributed by atoms with Gasteiger partial charge in [-0.25, -0.2) is 0 Å². The van der Waals surface area contributed by atoms with Crippen molar-refractivity contribution in [3.63, 3.8) is 0 Å². The van der Waals surface area contributed by atoms with Crippen molar-refractivity contribution in [1.82, 2.24) is 10.2 Å². The fourth-order valence-corrected chi connectivity index (χ4v) is 2.73. The molecule has 1 aromatic rings. The van der Waals surface area contributed by atoms with Gasteiger partial charge >= 0.3 is 0 Å². The van der Waals surface area contributed by atoms with Crippen LogP contribution in [0.25, 0.3) is 0 Å². The summed E-state index contributed by atoms with van der Waals surface area (Å²) in [5, 5.41) is 2.86. The van der Waals surface area contributed by atoms with Crippen LogP contribution in [0.15, 0.2) is 30.3 Å². The van der Waals surface area contributed by atoms with Crippen LogP contribution in [0.1, 0.15) is 45.7 Å². The number of carbonyl (C=O) groups is 2. The molecule has 1 N–H and O–H groups in total. The second-order valence-corrected chi connectivity index (χ2v) is 6.01. The number of rotatable bonds is 4. The molecule has 4 nitrogen and oxygen atoms in total. The zero-order chi connectivity index (χ0) is 15.6. The van der Waals surface area contributed by atoms with E-state index in [9.17, 15) is 9.59 Å². The van der Waals surface area contributed by atoms with E-state index in [-0.39, 0.29) is 17.9 Å². The van der Waals surface area contributed by atoms with Crippen LogP contribution in [0, 0.1) is 5.92 Å². The fourth-order valence-electron chi connectivity index (χ4n) is 2.73. The number of hydrogen-bond donors (Lipinski definition) is 1. The van der Waals surface area contributed by atoms with Crippen LogP contribution >= 0.6 is 0 Å². The Bertz CT molecular complexity index is 513. The van der Waals surface area contributed by atoms with Gasteiger partial charge in [0.2, 0.25) is 11.8 Å². The maximum absolute atomic E-state index is 12.7. The molecule has 0 aromatic heterocycles. The molecule has 1 fully saturated rings. The smallest absolute Gasteiger partial charge is 0.248 e. The van der Waals surface area contributed by atoms with Crippen LogP contribution in [-0.2, 0) is 9.59 Å². The Kier molecular flexibility index (Phi) is 4.66. The Morgan fingerprint density at radius 3 is 2.29 bits per heavy atom. The molecule has 0 spiro atoms. The normalized spacial score (nSPS) is 24.1. The zero-order valence-corrected chi connectivity index (χ0v) is 13.2. The highest BCUT2D eigenvalue weighted by atomic mass is 16.2. The number of benzene rings is 1. The van der Waals surface area contributed by atoms with Gasteiger partial charge in [-0.05, 0) is 24.8 Å². The molecule has 4 heteroatoms. The number of carbonyl (C=O) groups excluding carboxylic acids is 2. The Morgan fingerprint density at radius 2 is 1.76 bits per heavy atom. The number of hydrogen-bond acceptors (Lipinski definition) is 2. The van der Waals surface area contributed by atoms with E-state index in [0.29, 0.717) is 12.3 Å². The first-order valence-corrected chi connectivity index (χ1v) is 7.64. The van der Waals surface area contributed by atoms with E-state index in [1.54, 1.807) is 4.90 Å². The molecule has 0 aliphatic carbocycles. The van der Waals surface area contributed by atoms with E-state index in [0.717, 1.165) is 5.56 Å². The summed E-state index contributed by atoms with van der Waals surface area (Å²) in [7, 11) is 0. The lowest BCUT2D eigenvalue weighted by molar-refractivity contribution is -0.153. The highest BCUT2D eigenvalue weighted by molar-refractivity contribution is 5.97. The third-order valence-corrected chi connectivity index (χ3v) is 4.32. The Labute approximate surface area is 126 Å². The van der Waals surface area contributed by atoms with Gasteiger partial charge in [-0.3, -0.25) is 9.59 Å². The van der Waals surface area contributed by atoms with E-state index >= 15 is 0 Å². The summed E-state index contributed by atoms with van der Waals surface area (Å²) in [6, 6.07) is 8.61. The van der Waals surface area contributed by atoms with Crippen LogP contribution in [-0.4, -0.2) is 28.8 Å². The minimum absolute atomic E-state index is 0.0165. The summed E-state index contributed by atoms with van der Waals surface area (Å²) < 4.78 is 0. The summed E-state index contributed by atoms with van der Waals surface area (Å²) in [4.78, 5) is 27.1. The predicted octanol–water partition coefficient (Wildman–Crippen LogP) is 2.51. The molecule has 0 radical (unpaired) electrons. The minimum Gasteiger partial charge on any atom is -0.342 e. The van der Waals surface area contributed by atoms with Gasteiger partial charge in [0.25, 0.3) is 0 Å². The Morgan fingerprint density at radius 1 is 1.14 bits per heavy atom. The molecule has 1 saturated heterocycles. The standard InChI is InChI=1S/C17H24N2O2/c1-5-14-17(21)19(12(4)11(2)3)15(16(20)18-14)13-9-7-6-8-10-13/h6-12,14-15H,5H2,1-4H3,(H,18,20). The monoisotopic (exact) mass is 288 g/mol. The quantitative estimate of drug-likeness (QED) is 0.925. The average Bonchev–Trinajstić information content (AvgIpc) is 2.48. The Balaban J connectivity index is 2.44. The van der Waals surface area contributed by atoms with Crippen molar-refractivity contribution in [3.8, 4) is 0 Å². The summed E-state index contributed by atoms with van der Waals surface area (Å²) >= 11 is 0. The van der Waals surface area contributed by atoms with Gasteiger partial charge in [0.15, 0.2) is 0 Å². The third-order valence-electron chi connectivity index (χ3n) is 4.32. The third kappa shape index (κ3) is 2.94. The SMILES string of the molecule is CCC1NC(=O)C(c2ccccc2)N(C(C)C(C)C)C1=O. The second kappa shape index (κ2) is 6.29. The molecule has 21 heavy (non-hydrogen) atoms. The van der Waals surface area contributed by atoms with Gasteiger partial charge in [-0.1, -0.05) is 51.1 Å². The summed E-state index contributed by atoms with van der Waals surface area (Å²) in [5.41, 5.74) is 0.866. The number of piperazine rings is 1. The van der Waals surface area contributed by atoms with Gasteiger partial charge in [-0.2, -0.15) is 0 Å². The van der Waals surface area contributed by atoms with Gasteiger partial charge < -0.3 is 10.2 Å². The molecule has 1 aromatic carbocycles. The molecule has 3 unspecified atom stereocenters. The number of amides is 2. The van der Waals surface area contributed by atoms with Crippen LogP contribution in [0.3, 0.4) is 0 Å². The number of nitrogens with zero attached hydrogens (tertiary/aromatic N) is 1. The largest absolute Gasteiger partial charge is 0.342 e. The molecule has 1 aliphatic heterocycles. The van der Waals surface area contributed by atoms with Crippen molar-refractivity contribution >= 4 is 11.8 Å². The molecule has 114 valence electrons. The average molecular weight is 288 g/mol. The molecular formula is C17H24N2O2. The maximum Gasteiger partial charge on any atom is 0.248 e. The lowest BCUT2D eigenvalue weighted by Crippen LogP contribution is -2.62.